The first-order chi connectivity index (χ1) is 11.4. The number of sulfone groups is 1. The van der Waals surface area contributed by atoms with Crippen molar-refractivity contribution in [3.05, 3.63) is 53.3 Å². The van der Waals surface area contributed by atoms with E-state index >= 15 is 0 Å². The van der Waals surface area contributed by atoms with Crippen LogP contribution in [0.15, 0.2) is 41.7 Å². The van der Waals surface area contributed by atoms with E-state index in [1.165, 1.54) is 6.20 Å². The third-order valence-corrected chi connectivity index (χ3v) is 4.57. The molecule has 1 aromatic carbocycles. The summed E-state index contributed by atoms with van der Waals surface area (Å²) in [6, 6.07) is 9.45. The molecule has 0 saturated carbocycles. The van der Waals surface area contributed by atoms with Crippen molar-refractivity contribution >= 4 is 15.9 Å². The molecule has 7 nitrogen and oxygen atoms in total. The van der Waals surface area contributed by atoms with Crippen LogP contribution in [0.4, 0.5) is 4.79 Å². The molecule has 8 heteroatoms. The highest BCUT2D eigenvalue weighted by Gasteiger charge is 2.24. The van der Waals surface area contributed by atoms with E-state index in [2.05, 4.69) is 9.97 Å². The average Bonchev–Trinajstić information content (AvgIpc) is 2.59. The van der Waals surface area contributed by atoms with E-state index in [1.807, 2.05) is 30.3 Å². The zero-order chi connectivity index (χ0) is 17.2. The van der Waals surface area contributed by atoms with Gasteiger partial charge in [0.25, 0.3) is 0 Å². The number of nitrogens with zero attached hydrogens (tertiary/aromatic N) is 3. The van der Waals surface area contributed by atoms with E-state index in [1.54, 1.807) is 4.90 Å². The summed E-state index contributed by atoms with van der Waals surface area (Å²) in [6.45, 7) is 0.959. The van der Waals surface area contributed by atoms with Gasteiger partial charge in [0.2, 0.25) is 15.0 Å². The van der Waals surface area contributed by atoms with Gasteiger partial charge in [-0.1, -0.05) is 30.3 Å². The Balaban J connectivity index is 1.65. The van der Waals surface area contributed by atoms with Crippen LogP contribution in [0.25, 0.3) is 0 Å². The molecule has 0 saturated heterocycles. The summed E-state index contributed by atoms with van der Waals surface area (Å²) in [4.78, 5) is 21.7. The lowest BCUT2D eigenvalue weighted by Crippen LogP contribution is -2.37. The molecule has 1 aromatic heterocycles. The van der Waals surface area contributed by atoms with Crippen LogP contribution in [0.5, 0.6) is 0 Å². The standard InChI is InChI=1S/C16H17N3O4S/c1-24(21,22)15-17-9-13-10-19(8-7-14(13)18-15)16(20)23-11-12-5-3-2-4-6-12/h2-6,9H,7-8,10-11H2,1H3. The molecule has 0 N–H and O–H groups in total. The molecule has 24 heavy (non-hydrogen) atoms. The van der Waals surface area contributed by atoms with Crippen LogP contribution in [0, 0.1) is 0 Å². The lowest BCUT2D eigenvalue weighted by molar-refractivity contribution is 0.0914. The maximum absolute atomic E-state index is 12.2. The summed E-state index contributed by atoms with van der Waals surface area (Å²) < 4.78 is 28.3. The zero-order valence-electron chi connectivity index (χ0n) is 13.2. The molecule has 0 spiro atoms. The summed E-state index contributed by atoms with van der Waals surface area (Å²) in [6.07, 6.45) is 2.61. The Kier molecular flexibility index (Phi) is 4.48. The monoisotopic (exact) mass is 347 g/mol. The molecule has 1 amide bonds. The Bertz CT molecular complexity index is 853. The maximum Gasteiger partial charge on any atom is 0.410 e. The summed E-state index contributed by atoms with van der Waals surface area (Å²) in [5.41, 5.74) is 2.33. The van der Waals surface area contributed by atoms with E-state index < -0.39 is 15.9 Å². The van der Waals surface area contributed by atoms with E-state index in [0.717, 1.165) is 17.4 Å². The molecule has 0 fully saturated rings. The topological polar surface area (TPSA) is 89.5 Å². The second-order valence-corrected chi connectivity index (χ2v) is 7.52. The average molecular weight is 347 g/mol. The van der Waals surface area contributed by atoms with Crippen molar-refractivity contribution in [2.45, 2.75) is 24.7 Å². The molecule has 126 valence electrons. The molecule has 0 aliphatic carbocycles. The molecule has 3 rings (SSSR count). The minimum atomic E-state index is -3.43. The van der Waals surface area contributed by atoms with Crippen molar-refractivity contribution in [3.63, 3.8) is 0 Å². The summed E-state index contributed by atoms with van der Waals surface area (Å²) in [5.74, 6) is 0. The van der Waals surface area contributed by atoms with Gasteiger partial charge in [-0.15, -0.1) is 0 Å². The molecule has 0 unspecified atom stereocenters. The first kappa shape index (κ1) is 16.4. The number of hydrogen-bond acceptors (Lipinski definition) is 6. The van der Waals surface area contributed by atoms with Gasteiger partial charge in [0.15, 0.2) is 0 Å². The van der Waals surface area contributed by atoms with Crippen molar-refractivity contribution in [2.75, 3.05) is 12.8 Å². The van der Waals surface area contributed by atoms with Crippen LogP contribution in [0.1, 0.15) is 16.8 Å². The Hall–Kier alpha value is -2.48. The number of ether oxygens (including phenoxy) is 1. The van der Waals surface area contributed by atoms with Crippen LogP contribution in [-0.4, -0.2) is 42.2 Å². The highest BCUT2D eigenvalue weighted by molar-refractivity contribution is 7.90. The summed E-state index contributed by atoms with van der Waals surface area (Å²) >= 11 is 0. The van der Waals surface area contributed by atoms with Gasteiger partial charge in [0.1, 0.15) is 6.61 Å². The van der Waals surface area contributed by atoms with E-state index in [-0.39, 0.29) is 11.8 Å². The number of aromatic nitrogens is 2. The smallest absolute Gasteiger partial charge is 0.410 e. The third kappa shape index (κ3) is 3.70. The molecular weight excluding hydrogens is 330 g/mol. The fourth-order valence-electron chi connectivity index (χ4n) is 2.44. The van der Waals surface area contributed by atoms with Gasteiger partial charge < -0.3 is 9.64 Å². The van der Waals surface area contributed by atoms with Gasteiger partial charge in [0.05, 0.1) is 12.2 Å². The van der Waals surface area contributed by atoms with Crippen molar-refractivity contribution in [1.82, 2.24) is 14.9 Å². The predicted molar refractivity (Wildman–Crippen MR) is 85.9 cm³/mol. The lowest BCUT2D eigenvalue weighted by Gasteiger charge is -2.27. The summed E-state index contributed by atoms with van der Waals surface area (Å²) in [5, 5.41) is -0.179. The second-order valence-electron chi connectivity index (χ2n) is 5.61. The van der Waals surface area contributed by atoms with Crippen molar-refractivity contribution in [1.29, 1.82) is 0 Å². The number of carbonyl (C=O) groups excluding carboxylic acids is 1. The molecule has 0 bridgehead atoms. The number of carbonyl (C=O) groups is 1. The van der Waals surface area contributed by atoms with Crippen molar-refractivity contribution < 1.29 is 17.9 Å². The number of amides is 1. The van der Waals surface area contributed by atoms with Gasteiger partial charge in [-0.2, -0.15) is 0 Å². The van der Waals surface area contributed by atoms with Gasteiger partial charge in [0, 0.05) is 31.0 Å². The van der Waals surface area contributed by atoms with Crippen molar-refractivity contribution in [3.8, 4) is 0 Å². The first-order valence-electron chi connectivity index (χ1n) is 7.44. The predicted octanol–water partition coefficient (Wildman–Crippen LogP) is 1.58. The van der Waals surface area contributed by atoms with Crippen LogP contribution < -0.4 is 0 Å². The minimum absolute atomic E-state index is 0.179. The third-order valence-electron chi connectivity index (χ3n) is 3.71. The highest BCUT2D eigenvalue weighted by atomic mass is 32.2. The lowest BCUT2D eigenvalue weighted by atomic mass is 10.1. The van der Waals surface area contributed by atoms with E-state index in [4.69, 9.17) is 4.74 Å². The van der Waals surface area contributed by atoms with E-state index in [9.17, 15) is 13.2 Å². The molecule has 1 aliphatic heterocycles. The Morgan fingerprint density at radius 3 is 2.75 bits per heavy atom. The van der Waals surface area contributed by atoms with Gasteiger partial charge in [-0.25, -0.2) is 23.2 Å². The molecule has 0 atom stereocenters. The van der Waals surface area contributed by atoms with Crippen molar-refractivity contribution in [2.24, 2.45) is 0 Å². The van der Waals surface area contributed by atoms with Crippen LogP contribution >= 0.6 is 0 Å². The van der Waals surface area contributed by atoms with Crippen LogP contribution in [-0.2, 0) is 34.1 Å². The largest absolute Gasteiger partial charge is 0.445 e. The normalized spacial score (nSPS) is 14.1. The quantitative estimate of drug-likeness (QED) is 0.783. The number of hydrogen-bond donors (Lipinski definition) is 0. The Morgan fingerprint density at radius 2 is 2.04 bits per heavy atom. The Morgan fingerprint density at radius 1 is 1.29 bits per heavy atom. The highest BCUT2D eigenvalue weighted by Crippen LogP contribution is 2.18. The van der Waals surface area contributed by atoms with Crippen LogP contribution in [0.3, 0.4) is 0 Å². The van der Waals surface area contributed by atoms with Gasteiger partial charge in [-0.3, -0.25) is 0 Å². The maximum atomic E-state index is 12.2. The van der Waals surface area contributed by atoms with E-state index in [0.29, 0.717) is 25.2 Å². The fraction of sp³-hybridized carbons (Fsp3) is 0.312. The number of fused-ring (bicyclic) bond motifs is 1. The fourth-order valence-corrected chi connectivity index (χ4v) is 2.96. The second kappa shape index (κ2) is 6.56. The number of benzene rings is 1. The zero-order valence-corrected chi connectivity index (χ0v) is 14.0. The molecule has 1 aliphatic rings. The first-order valence-corrected chi connectivity index (χ1v) is 9.33. The molecule has 2 aromatic rings. The van der Waals surface area contributed by atoms with Crippen LogP contribution in [0.2, 0.25) is 0 Å². The van der Waals surface area contributed by atoms with Gasteiger partial charge >= 0.3 is 6.09 Å². The minimum Gasteiger partial charge on any atom is -0.445 e. The Labute approximate surface area is 140 Å². The number of rotatable bonds is 3. The molecule has 0 radical (unpaired) electrons. The summed E-state index contributed by atoms with van der Waals surface area (Å²) in [7, 11) is -3.43. The van der Waals surface area contributed by atoms with Gasteiger partial charge in [-0.05, 0) is 5.56 Å². The molecular formula is C16H17N3O4S. The molecule has 2 heterocycles. The SMILES string of the molecule is CS(=O)(=O)c1ncc2c(n1)CCN(C(=O)OCc1ccccc1)C2.